The summed E-state index contributed by atoms with van der Waals surface area (Å²) in [7, 11) is 0. The molecule has 1 aromatic rings. The lowest BCUT2D eigenvalue weighted by Gasteiger charge is -2.49. The second-order valence-electron chi connectivity index (χ2n) is 4.87. The van der Waals surface area contributed by atoms with E-state index >= 15 is 0 Å². The Balaban J connectivity index is 2.12. The van der Waals surface area contributed by atoms with Gasteiger partial charge in [-0.25, -0.2) is 0 Å². The van der Waals surface area contributed by atoms with E-state index in [-0.39, 0.29) is 11.5 Å². The van der Waals surface area contributed by atoms with E-state index in [1.165, 1.54) is 17.5 Å². The van der Waals surface area contributed by atoms with Crippen LogP contribution in [0, 0.1) is 0 Å². The fourth-order valence-corrected chi connectivity index (χ4v) is 3.36. The lowest BCUT2D eigenvalue weighted by molar-refractivity contribution is 0.0144. The van der Waals surface area contributed by atoms with Gasteiger partial charge in [0.1, 0.15) is 0 Å². The molecule has 15 heavy (non-hydrogen) atoms. The smallest absolute Gasteiger partial charge is 0.0640 e. The number of benzene rings is 1. The standard InChI is InChI=1S/C13H15ClO/c14-10-3-4-11-9(8-10)2-5-12(15)13(11)6-1-7-13/h3-4,8,12,15H,1-2,5-7H2. The van der Waals surface area contributed by atoms with Gasteiger partial charge in [-0.15, -0.1) is 0 Å². The minimum Gasteiger partial charge on any atom is -0.392 e. The molecule has 2 aliphatic rings. The molecule has 0 aliphatic heterocycles. The third kappa shape index (κ3) is 1.26. The number of rotatable bonds is 0. The number of fused-ring (bicyclic) bond motifs is 2. The Kier molecular flexibility index (Phi) is 2.08. The first-order chi connectivity index (χ1) is 7.22. The molecule has 2 aliphatic carbocycles. The lowest BCUT2D eigenvalue weighted by atomic mass is 9.57. The maximum absolute atomic E-state index is 10.2. The number of hydrogen-bond acceptors (Lipinski definition) is 1. The Hall–Kier alpha value is -0.530. The van der Waals surface area contributed by atoms with Gasteiger partial charge in [-0.1, -0.05) is 24.1 Å². The highest BCUT2D eigenvalue weighted by Gasteiger charge is 2.47. The van der Waals surface area contributed by atoms with Gasteiger partial charge in [0, 0.05) is 10.4 Å². The predicted octanol–water partition coefficient (Wildman–Crippen LogP) is 3.07. The molecule has 0 amide bonds. The third-order valence-corrected chi connectivity index (χ3v) is 4.41. The molecule has 1 unspecified atom stereocenters. The molecule has 1 saturated carbocycles. The van der Waals surface area contributed by atoms with Crippen LogP contribution < -0.4 is 0 Å². The Bertz CT molecular complexity index is 396. The Labute approximate surface area is 95.1 Å². The van der Waals surface area contributed by atoms with Crippen LogP contribution in [-0.2, 0) is 11.8 Å². The molecule has 1 spiro atoms. The van der Waals surface area contributed by atoms with Gasteiger partial charge >= 0.3 is 0 Å². The van der Waals surface area contributed by atoms with Crippen molar-refractivity contribution in [1.29, 1.82) is 0 Å². The van der Waals surface area contributed by atoms with E-state index in [9.17, 15) is 5.11 Å². The molecular formula is C13H15ClO. The summed E-state index contributed by atoms with van der Waals surface area (Å²) < 4.78 is 0. The van der Waals surface area contributed by atoms with Crippen LogP contribution in [0.25, 0.3) is 0 Å². The topological polar surface area (TPSA) is 20.2 Å². The summed E-state index contributed by atoms with van der Waals surface area (Å²) >= 11 is 6.00. The second kappa shape index (κ2) is 3.23. The average molecular weight is 223 g/mol. The van der Waals surface area contributed by atoms with Crippen molar-refractivity contribution in [3.05, 3.63) is 34.3 Å². The third-order valence-electron chi connectivity index (χ3n) is 4.17. The highest BCUT2D eigenvalue weighted by atomic mass is 35.5. The van der Waals surface area contributed by atoms with Crippen molar-refractivity contribution in [2.45, 2.75) is 43.6 Å². The molecule has 3 rings (SSSR count). The van der Waals surface area contributed by atoms with E-state index in [0.29, 0.717) is 0 Å². The molecule has 1 nitrogen and oxygen atoms in total. The van der Waals surface area contributed by atoms with Crippen LogP contribution in [0.4, 0.5) is 0 Å². The molecule has 1 N–H and O–H groups in total. The van der Waals surface area contributed by atoms with Crippen LogP contribution >= 0.6 is 11.6 Å². The largest absolute Gasteiger partial charge is 0.392 e. The quantitative estimate of drug-likeness (QED) is 0.716. The summed E-state index contributed by atoms with van der Waals surface area (Å²) in [6.07, 6.45) is 5.26. The molecule has 2 heteroatoms. The van der Waals surface area contributed by atoms with Gasteiger partial charge in [0.05, 0.1) is 6.10 Å². The van der Waals surface area contributed by atoms with E-state index in [1.54, 1.807) is 0 Å². The molecule has 0 radical (unpaired) electrons. The Morgan fingerprint density at radius 1 is 1.33 bits per heavy atom. The minimum atomic E-state index is -0.139. The fraction of sp³-hybridized carbons (Fsp3) is 0.538. The monoisotopic (exact) mass is 222 g/mol. The van der Waals surface area contributed by atoms with E-state index in [4.69, 9.17) is 11.6 Å². The molecule has 1 fully saturated rings. The Morgan fingerprint density at radius 2 is 2.13 bits per heavy atom. The normalized spacial score (nSPS) is 27.2. The first-order valence-corrected chi connectivity index (χ1v) is 6.07. The van der Waals surface area contributed by atoms with Gasteiger partial charge in [0.25, 0.3) is 0 Å². The van der Waals surface area contributed by atoms with Gasteiger partial charge in [-0.2, -0.15) is 0 Å². The summed E-state index contributed by atoms with van der Waals surface area (Å²) in [6, 6.07) is 6.15. The lowest BCUT2D eigenvalue weighted by Crippen LogP contribution is -2.48. The van der Waals surface area contributed by atoms with Crippen molar-refractivity contribution >= 4 is 11.6 Å². The maximum atomic E-state index is 10.2. The van der Waals surface area contributed by atoms with Gasteiger partial charge in [0.15, 0.2) is 0 Å². The molecule has 0 bridgehead atoms. The SMILES string of the molecule is OC1CCc2cc(Cl)ccc2C12CCC2. The number of aryl methyl sites for hydroxylation is 1. The number of aliphatic hydroxyl groups excluding tert-OH is 1. The van der Waals surface area contributed by atoms with Crippen molar-refractivity contribution in [3.63, 3.8) is 0 Å². The summed E-state index contributed by atoms with van der Waals surface area (Å²) in [4.78, 5) is 0. The van der Waals surface area contributed by atoms with Crippen LogP contribution in [0.2, 0.25) is 5.02 Å². The van der Waals surface area contributed by atoms with Gasteiger partial charge < -0.3 is 5.11 Å². The van der Waals surface area contributed by atoms with Crippen LogP contribution in [0.3, 0.4) is 0 Å². The minimum absolute atomic E-state index is 0.0815. The zero-order chi connectivity index (χ0) is 10.5. The zero-order valence-corrected chi connectivity index (χ0v) is 9.43. The van der Waals surface area contributed by atoms with Crippen LogP contribution in [0.15, 0.2) is 18.2 Å². The zero-order valence-electron chi connectivity index (χ0n) is 8.67. The van der Waals surface area contributed by atoms with Crippen molar-refractivity contribution in [2.75, 3.05) is 0 Å². The van der Waals surface area contributed by atoms with Crippen molar-refractivity contribution in [3.8, 4) is 0 Å². The predicted molar refractivity (Wildman–Crippen MR) is 61.3 cm³/mol. The van der Waals surface area contributed by atoms with Crippen LogP contribution in [0.5, 0.6) is 0 Å². The van der Waals surface area contributed by atoms with Gasteiger partial charge in [0.2, 0.25) is 0 Å². The van der Waals surface area contributed by atoms with Crippen LogP contribution in [0.1, 0.15) is 36.8 Å². The first kappa shape index (κ1) is 9.68. The molecule has 80 valence electrons. The Morgan fingerprint density at radius 3 is 2.80 bits per heavy atom. The van der Waals surface area contributed by atoms with E-state index < -0.39 is 0 Å². The highest BCUT2D eigenvalue weighted by Crippen LogP contribution is 2.51. The van der Waals surface area contributed by atoms with E-state index in [2.05, 4.69) is 12.1 Å². The summed E-state index contributed by atoms with van der Waals surface area (Å²) in [5.74, 6) is 0. The molecule has 0 heterocycles. The molecular weight excluding hydrogens is 208 g/mol. The molecule has 1 aromatic carbocycles. The second-order valence-corrected chi connectivity index (χ2v) is 5.30. The van der Waals surface area contributed by atoms with E-state index in [1.807, 2.05) is 6.07 Å². The molecule has 0 aromatic heterocycles. The number of halogens is 1. The summed E-state index contributed by atoms with van der Waals surface area (Å²) in [5.41, 5.74) is 2.79. The first-order valence-electron chi connectivity index (χ1n) is 5.69. The fourth-order valence-electron chi connectivity index (χ4n) is 3.16. The molecule has 1 atom stereocenters. The maximum Gasteiger partial charge on any atom is 0.0640 e. The van der Waals surface area contributed by atoms with Gasteiger partial charge in [-0.3, -0.25) is 0 Å². The molecule has 0 saturated heterocycles. The van der Waals surface area contributed by atoms with Gasteiger partial charge in [-0.05, 0) is 48.9 Å². The summed E-state index contributed by atoms with van der Waals surface area (Å²) in [5, 5.41) is 11.0. The highest BCUT2D eigenvalue weighted by molar-refractivity contribution is 6.30. The van der Waals surface area contributed by atoms with Crippen molar-refractivity contribution < 1.29 is 5.11 Å². The van der Waals surface area contributed by atoms with E-state index in [0.717, 1.165) is 30.7 Å². The number of aliphatic hydroxyl groups is 1. The summed E-state index contributed by atoms with van der Waals surface area (Å²) in [6.45, 7) is 0. The van der Waals surface area contributed by atoms with Crippen molar-refractivity contribution in [2.24, 2.45) is 0 Å². The van der Waals surface area contributed by atoms with Crippen LogP contribution in [-0.4, -0.2) is 11.2 Å². The number of hydrogen-bond donors (Lipinski definition) is 1. The van der Waals surface area contributed by atoms with Crippen molar-refractivity contribution in [1.82, 2.24) is 0 Å². The average Bonchev–Trinajstić information content (AvgIpc) is 2.15.